The molecule has 0 unspecified atom stereocenters. The first-order valence-corrected chi connectivity index (χ1v) is 6.57. The Kier molecular flexibility index (Phi) is 5.16. The lowest BCUT2D eigenvalue weighted by atomic mass is 10.1. The number of benzene rings is 2. The monoisotopic (exact) mass is 290 g/mol. The Morgan fingerprint density at radius 2 is 1.80 bits per heavy atom. The molecule has 0 bridgehead atoms. The van der Waals surface area contributed by atoms with Gasteiger partial charge in [0.25, 0.3) is 0 Å². The van der Waals surface area contributed by atoms with Gasteiger partial charge in [-0.1, -0.05) is 48.0 Å². The summed E-state index contributed by atoms with van der Waals surface area (Å²) in [5, 5.41) is 0.483. The van der Waals surface area contributed by atoms with Gasteiger partial charge in [-0.2, -0.15) is 0 Å². The first-order valence-electron chi connectivity index (χ1n) is 6.19. The molecule has 0 aliphatic heterocycles. The summed E-state index contributed by atoms with van der Waals surface area (Å²) >= 11 is 6.17. The maximum absolute atomic E-state index is 11.3. The van der Waals surface area contributed by atoms with Crippen LogP contribution in [0.5, 0.6) is 5.75 Å². The molecule has 0 heterocycles. The van der Waals surface area contributed by atoms with E-state index in [-0.39, 0.29) is 19.0 Å². The molecular formula is C16H15ClO3. The fourth-order valence-electron chi connectivity index (χ4n) is 1.79. The van der Waals surface area contributed by atoms with Crippen molar-refractivity contribution in [3.63, 3.8) is 0 Å². The predicted octanol–water partition coefficient (Wildman–Crippen LogP) is 3.60. The molecule has 0 saturated heterocycles. The van der Waals surface area contributed by atoms with Crippen LogP contribution in [0.25, 0.3) is 11.1 Å². The fraction of sp³-hybridized carbons (Fsp3) is 0.188. The molecule has 0 aromatic heterocycles. The van der Waals surface area contributed by atoms with Gasteiger partial charge in [0, 0.05) is 7.11 Å². The van der Waals surface area contributed by atoms with Crippen LogP contribution in [0.4, 0.5) is 0 Å². The summed E-state index contributed by atoms with van der Waals surface area (Å²) in [7, 11) is 1.47. The van der Waals surface area contributed by atoms with Crippen molar-refractivity contribution < 1.29 is 14.3 Å². The van der Waals surface area contributed by atoms with E-state index in [4.69, 9.17) is 21.1 Å². The van der Waals surface area contributed by atoms with Gasteiger partial charge < -0.3 is 9.47 Å². The second kappa shape index (κ2) is 7.08. The summed E-state index contributed by atoms with van der Waals surface area (Å²) < 4.78 is 10.1. The smallest absolute Gasteiger partial charge is 0.195 e. The van der Waals surface area contributed by atoms with E-state index < -0.39 is 0 Å². The Hall–Kier alpha value is -1.84. The van der Waals surface area contributed by atoms with Gasteiger partial charge >= 0.3 is 0 Å². The van der Waals surface area contributed by atoms with Crippen LogP contribution in [0.1, 0.15) is 0 Å². The second-order valence-corrected chi connectivity index (χ2v) is 4.68. The molecule has 2 aromatic carbocycles. The Balaban J connectivity index is 2.08. The average Bonchev–Trinajstić information content (AvgIpc) is 2.47. The third-order valence-electron chi connectivity index (χ3n) is 2.73. The van der Waals surface area contributed by atoms with Gasteiger partial charge in [-0.15, -0.1) is 0 Å². The molecule has 104 valence electrons. The summed E-state index contributed by atoms with van der Waals surface area (Å²) in [5.74, 6) is 0.367. The van der Waals surface area contributed by atoms with Crippen LogP contribution in [-0.4, -0.2) is 26.1 Å². The lowest BCUT2D eigenvalue weighted by Gasteiger charge is -2.09. The van der Waals surface area contributed by atoms with Gasteiger partial charge in [0.05, 0.1) is 5.02 Å². The third kappa shape index (κ3) is 3.83. The number of Topliss-reactive ketones (excluding diaryl/α,β-unsaturated/α-hetero) is 1. The van der Waals surface area contributed by atoms with Crippen molar-refractivity contribution in [2.75, 3.05) is 20.3 Å². The van der Waals surface area contributed by atoms with Crippen LogP contribution in [0.15, 0.2) is 48.5 Å². The molecule has 0 spiro atoms. The minimum Gasteiger partial charge on any atom is -0.484 e. The molecule has 0 amide bonds. The van der Waals surface area contributed by atoms with Gasteiger partial charge in [-0.05, 0) is 23.3 Å². The largest absolute Gasteiger partial charge is 0.484 e. The van der Waals surface area contributed by atoms with E-state index in [1.165, 1.54) is 7.11 Å². The van der Waals surface area contributed by atoms with Gasteiger partial charge in [-0.25, -0.2) is 0 Å². The minimum absolute atomic E-state index is 0.0414. The van der Waals surface area contributed by atoms with Crippen molar-refractivity contribution >= 4 is 17.4 Å². The topological polar surface area (TPSA) is 35.5 Å². The summed E-state index contributed by atoms with van der Waals surface area (Å²) in [6.07, 6.45) is 0. The van der Waals surface area contributed by atoms with E-state index in [2.05, 4.69) is 0 Å². The number of hydrogen-bond acceptors (Lipinski definition) is 3. The van der Waals surface area contributed by atoms with Crippen LogP contribution in [0, 0.1) is 0 Å². The van der Waals surface area contributed by atoms with Crippen LogP contribution < -0.4 is 4.74 Å². The number of halogens is 1. The second-order valence-electron chi connectivity index (χ2n) is 4.27. The molecule has 0 N–H and O–H groups in total. The van der Waals surface area contributed by atoms with Gasteiger partial charge in [0.2, 0.25) is 0 Å². The Bertz CT molecular complexity index is 582. The van der Waals surface area contributed by atoms with E-state index in [0.717, 1.165) is 11.1 Å². The van der Waals surface area contributed by atoms with E-state index in [0.29, 0.717) is 10.8 Å². The molecule has 0 saturated carbocycles. The van der Waals surface area contributed by atoms with Crippen molar-refractivity contribution in [3.05, 3.63) is 53.6 Å². The van der Waals surface area contributed by atoms with Crippen LogP contribution >= 0.6 is 11.6 Å². The molecule has 2 aromatic rings. The minimum atomic E-state index is -0.129. The molecule has 20 heavy (non-hydrogen) atoms. The van der Waals surface area contributed by atoms with E-state index in [1.807, 2.05) is 42.5 Å². The fourth-order valence-corrected chi connectivity index (χ4v) is 2.02. The Labute approximate surface area is 123 Å². The van der Waals surface area contributed by atoms with Gasteiger partial charge in [0.1, 0.15) is 19.0 Å². The van der Waals surface area contributed by atoms with Crippen LogP contribution in [0.2, 0.25) is 5.02 Å². The number of carbonyl (C=O) groups excluding carboxylic acids is 1. The molecule has 4 heteroatoms. The third-order valence-corrected chi connectivity index (χ3v) is 3.03. The van der Waals surface area contributed by atoms with Crippen molar-refractivity contribution in [1.29, 1.82) is 0 Å². The summed E-state index contributed by atoms with van der Waals surface area (Å²) in [4.78, 5) is 11.3. The molecule has 0 atom stereocenters. The summed E-state index contributed by atoms with van der Waals surface area (Å²) in [6.45, 7) is -0.00202. The van der Waals surface area contributed by atoms with E-state index in [9.17, 15) is 4.79 Å². The average molecular weight is 291 g/mol. The highest BCUT2D eigenvalue weighted by Crippen LogP contribution is 2.30. The highest BCUT2D eigenvalue weighted by molar-refractivity contribution is 6.32. The molecule has 0 fully saturated rings. The number of methoxy groups -OCH3 is 1. The normalized spacial score (nSPS) is 10.3. The number of hydrogen-bond donors (Lipinski definition) is 0. The van der Waals surface area contributed by atoms with E-state index in [1.54, 1.807) is 6.07 Å². The number of ether oxygens (including phenoxy) is 2. The lowest BCUT2D eigenvalue weighted by molar-refractivity contribution is -0.124. The summed E-state index contributed by atoms with van der Waals surface area (Å²) in [5.41, 5.74) is 2.09. The molecule has 3 nitrogen and oxygen atoms in total. The number of ketones is 1. The molecular weight excluding hydrogens is 276 g/mol. The molecule has 0 radical (unpaired) electrons. The lowest BCUT2D eigenvalue weighted by Crippen LogP contribution is -2.16. The molecule has 2 rings (SSSR count). The Morgan fingerprint density at radius 1 is 1.05 bits per heavy atom. The molecule has 0 aliphatic rings. The van der Waals surface area contributed by atoms with Gasteiger partial charge in [-0.3, -0.25) is 4.79 Å². The van der Waals surface area contributed by atoms with Crippen LogP contribution in [-0.2, 0) is 9.53 Å². The first kappa shape index (κ1) is 14.6. The Morgan fingerprint density at radius 3 is 2.45 bits per heavy atom. The standard InChI is InChI=1S/C16H15ClO3/c1-19-10-14(18)11-20-16-8-7-13(9-15(16)17)12-5-3-2-4-6-12/h2-9H,10-11H2,1H3. The zero-order chi connectivity index (χ0) is 14.4. The van der Waals surface area contributed by atoms with Gasteiger partial charge in [0.15, 0.2) is 5.78 Å². The number of rotatable bonds is 6. The zero-order valence-electron chi connectivity index (χ0n) is 11.1. The van der Waals surface area contributed by atoms with Crippen LogP contribution in [0.3, 0.4) is 0 Å². The predicted molar refractivity (Wildman–Crippen MR) is 79.3 cm³/mol. The zero-order valence-corrected chi connectivity index (χ0v) is 11.9. The molecule has 0 aliphatic carbocycles. The summed E-state index contributed by atoms with van der Waals surface area (Å²) in [6, 6.07) is 15.4. The van der Waals surface area contributed by atoms with Crippen molar-refractivity contribution in [1.82, 2.24) is 0 Å². The quantitative estimate of drug-likeness (QED) is 0.815. The highest BCUT2D eigenvalue weighted by Gasteiger charge is 2.07. The maximum Gasteiger partial charge on any atom is 0.195 e. The van der Waals surface area contributed by atoms with Crippen molar-refractivity contribution in [3.8, 4) is 16.9 Å². The van der Waals surface area contributed by atoms with Crippen molar-refractivity contribution in [2.45, 2.75) is 0 Å². The first-order chi connectivity index (χ1) is 9.70. The number of carbonyl (C=O) groups is 1. The SMILES string of the molecule is COCC(=O)COc1ccc(-c2ccccc2)cc1Cl. The van der Waals surface area contributed by atoms with Crippen molar-refractivity contribution in [2.24, 2.45) is 0 Å². The maximum atomic E-state index is 11.3. The van der Waals surface area contributed by atoms with E-state index >= 15 is 0 Å². The highest BCUT2D eigenvalue weighted by atomic mass is 35.5.